The summed E-state index contributed by atoms with van der Waals surface area (Å²) in [5, 5.41) is 0. The van der Waals surface area contributed by atoms with Crippen molar-refractivity contribution < 1.29 is 18.9 Å². The van der Waals surface area contributed by atoms with Gasteiger partial charge in [-0.1, -0.05) is 36.4 Å². The summed E-state index contributed by atoms with van der Waals surface area (Å²) in [6.45, 7) is 1.55. The van der Waals surface area contributed by atoms with Gasteiger partial charge in [0.1, 0.15) is 11.5 Å². The minimum Gasteiger partial charge on any atom is -0.465 e. The van der Waals surface area contributed by atoms with Crippen LogP contribution in [0.2, 0.25) is 0 Å². The van der Waals surface area contributed by atoms with Crippen LogP contribution in [0.15, 0.2) is 71.6 Å². The Morgan fingerprint density at radius 2 is 1.23 bits per heavy atom. The fraction of sp³-hybridized carbons (Fsp3) is 0.308. The van der Waals surface area contributed by atoms with E-state index in [0.717, 1.165) is 77.5 Å². The van der Waals surface area contributed by atoms with Crippen LogP contribution in [0.25, 0.3) is 22.3 Å². The van der Waals surface area contributed by atoms with Crippen molar-refractivity contribution in [1.82, 2.24) is 0 Å². The average molecular weight is 435 g/mol. The van der Waals surface area contributed by atoms with E-state index in [9.17, 15) is 0 Å². The molecule has 2 saturated heterocycles. The van der Waals surface area contributed by atoms with Gasteiger partial charge >= 0.3 is 0 Å². The maximum Gasteiger partial charge on any atom is 0.199 e. The predicted octanol–water partition coefficient (Wildman–Crippen LogP) is 6.34. The quantitative estimate of drug-likeness (QED) is 0.459. The smallest absolute Gasteiger partial charge is 0.199 e. The van der Waals surface area contributed by atoms with Gasteiger partial charge in [-0.05, 0) is 59.9 Å². The molecule has 0 bridgehead atoms. The van der Waals surface area contributed by atoms with E-state index < -0.39 is 0 Å². The van der Waals surface area contributed by atoms with Gasteiger partial charge in [0.15, 0.2) is 12.6 Å². The molecule has 0 aromatic heterocycles. The Balaban J connectivity index is 1.38. The number of hydrogen-bond acceptors (Lipinski definition) is 5. The van der Waals surface area contributed by atoms with Gasteiger partial charge in [-0.15, -0.1) is 12.6 Å². The maximum absolute atomic E-state index is 5.91. The van der Waals surface area contributed by atoms with E-state index >= 15 is 0 Å². The van der Waals surface area contributed by atoms with E-state index in [-0.39, 0.29) is 12.6 Å². The second-order valence-electron chi connectivity index (χ2n) is 7.87. The van der Waals surface area contributed by atoms with E-state index in [2.05, 4.69) is 30.3 Å². The molecule has 0 saturated carbocycles. The molecule has 31 heavy (non-hydrogen) atoms. The van der Waals surface area contributed by atoms with Gasteiger partial charge < -0.3 is 18.9 Å². The molecule has 0 radical (unpaired) electrons. The van der Waals surface area contributed by atoms with Crippen molar-refractivity contribution >= 4 is 12.6 Å². The number of benzene rings is 3. The zero-order valence-corrected chi connectivity index (χ0v) is 18.2. The summed E-state index contributed by atoms with van der Waals surface area (Å²) in [6, 6.07) is 22.5. The lowest BCUT2D eigenvalue weighted by Crippen LogP contribution is -2.13. The van der Waals surface area contributed by atoms with E-state index in [4.69, 9.17) is 31.6 Å². The summed E-state index contributed by atoms with van der Waals surface area (Å²) >= 11 is 4.75. The van der Waals surface area contributed by atoms with Crippen molar-refractivity contribution in [3.63, 3.8) is 0 Å². The molecule has 5 heteroatoms. The van der Waals surface area contributed by atoms with Crippen molar-refractivity contribution in [2.75, 3.05) is 13.2 Å². The van der Waals surface area contributed by atoms with Crippen LogP contribution in [-0.4, -0.2) is 25.8 Å². The molecule has 0 aliphatic carbocycles. The predicted molar refractivity (Wildman–Crippen MR) is 124 cm³/mol. The molecule has 5 rings (SSSR count). The second-order valence-corrected chi connectivity index (χ2v) is 8.35. The Labute approximate surface area is 188 Å². The van der Waals surface area contributed by atoms with Crippen molar-refractivity contribution in [2.45, 2.75) is 43.2 Å². The summed E-state index contributed by atoms with van der Waals surface area (Å²) < 4.78 is 23.0. The first kappa shape index (κ1) is 20.4. The first-order chi connectivity index (χ1) is 15.3. The van der Waals surface area contributed by atoms with Gasteiger partial charge in [0.2, 0.25) is 0 Å². The van der Waals surface area contributed by atoms with Crippen LogP contribution in [0.1, 0.15) is 25.7 Å². The third-order valence-electron chi connectivity index (χ3n) is 5.66. The molecular formula is C26H26O4S. The van der Waals surface area contributed by atoms with Crippen molar-refractivity contribution in [2.24, 2.45) is 0 Å². The van der Waals surface area contributed by atoms with E-state index in [1.54, 1.807) is 0 Å². The van der Waals surface area contributed by atoms with Crippen LogP contribution in [0.5, 0.6) is 11.5 Å². The molecule has 2 heterocycles. The molecule has 4 nitrogen and oxygen atoms in total. The van der Waals surface area contributed by atoms with Gasteiger partial charge in [0.05, 0.1) is 13.2 Å². The molecule has 2 fully saturated rings. The molecule has 0 spiro atoms. The van der Waals surface area contributed by atoms with Crippen molar-refractivity contribution in [1.29, 1.82) is 0 Å². The van der Waals surface area contributed by atoms with E-state index in [0.29, 0.717) is 0 Å². The molecule has 160 valence electrons. The van der Waals surface area contributed by atoms with Crippen LogP contribution in [0.4, 0.5) is 0 Å². The molecule has 2 unspecified atom stereocenters. The van der Waals surface area contributed by atoms with Crippen molar-refractivity contribution in [3.8, 4) is 33.8 Å². The first-order valence-electron chi connectivity index (χ1n) is 10.9. The summed E-state index contributed by atoms with van der Waals surface area (Å²) in [6.07, 6.45) is 3.74. The van der Waals surface area contributed by atoms with Gasteiger partial charge in [-0.2, -0.15) is 0 Å². The molecule has 2 aliphatic heterocycles. The summed E-state index contributed by atoms with van der Waals surface area (Å²) in [5.74, 6) is 1.65. The van der Waals surface area contributed by atoms with Gasteiger partial charge in [-0.25, -0.2) is 0 Å². The molecule has 0 N–H and O–H groups in total. The lowest BCUT2D eigenvalue weighted by atomic mass is 9.94. The third kappa shape index (κ3) is 4.74. The topological polar surface area (TPSA) is 36.9 Å². The Morgan fingerprint density at radius 1 is 0.677 bits per heavy atom. The molecule has 3 aromatic carbocycles. The Hall–Kier alpha value is -2.47. The number of thiol groups is 1. The van der Waals surface area contributed by atoms with Gasteiger partial charge in [-0.3, -0.25) is 0 Å². The highest BCUT2D eigenvalue weighted by molar-refractivity contribution is 7.80. The van der Waals surface area contributed by atoms with E-state index in [1.807, 2.05) is 36.4 Å². The highest BCUT2D eigenvalue weighted by atomic mass is 32.1. The summed E-state index contributed by atoms with van der Waals surface area (Å²) in [7, 11) is 0. The molecule has 3 aromatic rings. The maximum atomic E-state index is 5.91. The zero-order chi connectivity index (χ0) is 21.0. The molecule has 2 atom stereocenters. The number of ether oxygens (including phenoxy) is 4. The van der Waals surface area contributed by atoms with Crippen LogP contribution >= 0.6 is 12.6 Å². The lowest BCUT2D eigenvalue weighted by Gasteiger charge is -2.16. The highest BCUT2D eigenvalue weighted by Gasteiger charge is 2.18. The normalized spacial score (nSPS) is 20.7. The fourth-order valence-corrected chi connectivity index (χ4v) is 4.42. The lowest BCUT2D eigenvalue weighted by molar-refractivity contribution is -0.0393. The van der Waals surface area contributed by atoms with E-state index in [1.165, 1.54) is 0 Å². The minimum atomic E-state index is -0.131. The van der Waals surface area contributed by atoms with Gasteiger partial charge in [0.25, 0.3) is 0 Å². The van der Waals surface area contributed by atoms with Gasteiger partial charge in [0, 0.05) is 23.3 Å². The molecule has 2 aliphatic rings. The summed E-state index contributed by atoms with van der Waals surface area (Å²) in [4.78, 5) is 0.935. The second kappa shape index (κ2) is 9.35. The SMILES string of the molecule is Sc1cccc(-c2ccc(OC3CCCO3)cc2)c1-c1ccc(OC2CCCO2)cc1. The Morgan fingerprint density at radius 3 is 1.74 bits per heavy atom. The highest BCUT2D eigenvalue weighted by Crippen LogP contribution is 2.38. The van der Waals surface area contributed by atoms with Crippen LogP contribution in [0, 0.1) is 0 Å². The third-order valence-corrected chi connectivity index (χ3v) is 6.03. The van der Waals surface area contributed by atoms with Crippen LogP contribution in [-0.2, 0) is 9.47 Å². The first-order valence-corrected chi connectivity index (χ1v) is 11.3. The van der Waals surface area contributed by atoms with Crippen LogP contribution in [0.3, 0.4) is 0 Å². The summed E-state index contributed by atoms with van der Waals surface area (Å²) in [5.41, 5.74) is 4.44. The standard InChI is InChI=1S/C26H26O4S/c31-23-5-1-4-22(18-8-12-20(13-9-18)29-24-6-2-16-27-24)26(23)19-10-14-21(15-11-19)30-25-7-3-17-28-25/h1,4-5,8-15,24-25,31H,2-3,6-7,16-17H2. The fourth-order valence-electron chi connectivity index (χ4n) is 4.08. The molecule has 0 amide bonds. The largest absolute Gasteiger partial charge is 0.465 e. The number of hydrogen-bond donors (Lipinski definition) is 1. The Kier molecular flexibility index (Phi) is 6.16. The van der Waals surface area contributed by atoms with Crippen molar-refractivity contribution in [3.05, 3.63) is 66.7 Å². The molecular weight excluding hydrogens is 408 g/mol. The average Bonchev–Trinajstić information content (AvgIpc) is 3.49. The number of rotatable bonds is 6. The zero-order valence-electron chi connectivity index (χ0n) is 17.3. The monoisotopic (exact) mass is 434 g/mol. The van der Waals surface area contributed by atoms with Crippen LogP contribution < -0.4 is 9.47 Å². The minimum absolute atomic E-state index is 0.127. The Bertz CT molecular complexity index is 1000.